The Labute approximate surface area is 119 Å². The zero-order chi connectivity index (χ0) is 13.5. The Kier molecular flexibility index (Phi) is 6.82. The Morgan fingerprint density at radius 1 is 1.33 bits per heavy atom. The molecule has 0 aliphatic heterocycles. The predicted molar refractivity (Wildman–Crippen MR) is 80.6 cm³/mol. The van der Waals surface area contributed by atoms with Gasteiger partial charge in [-0.25, -0.2) is 0 Å². The molecule has 102 valence electrons. The maximum Gasteiger partial charge on any atom is 0.0410 e. The molecule has 1 aromatic heterocycles. The van der Waals surface area contributed by atoms with Gasteiger partial charge in [-0.2, -0.15) is 0 Å². The van der Waals surface area contributed by atoms with E-state index in [4.69, 9.17) is 0 Å². The molecule has 1 atom stereocenters. The largest absolute Gasteiger partial charge is 0.309 e. The van der Waals surface area contributed by atoms with E-state index < -0.39 is 0 Å². The van der Waals surface area contributed by atoms with Crippen LogP contribution in [0, 0.1) is 5.92 Å². The Hall–Kier alpha value is -0.450. The molecule has 0 saturated heterocycles. The van der Waals surface area contributed by atoms with Crippen LogP contribution in [0.1, 0.15) is 25.8 Å². The van der Waals surface area contributed by atoms with Gasteiger partial charge in [-0.1, -0.05) is 13.8 Å². The zero-order valence-corrected chi connectivity index (χ0v) is 13.4. The van der Waals surface area contributed by atoms with Gasteiger partial charge in [-0.15, -0.1) is 0 Å². The third-order valence-corrected chi connectivity index (χ3v) is 3.13. The molecule has 18 heavy (non-hydrogen) atoms. The minimum atomic E-state index is 0.527. The van der Waals surface area contributed by atoms with E-state index in [9.17, 15) is 0 Å². The first kappa shape index (κ1) is 15.6. The van der Waals surface area contributed by atoms with Crippen molar-refractivity contribution in [1.82, 2.24) is 15.2 Å². The standard InChI is InChI=1S/C14H24BrN3/c1-11(2)5-14(10-18(3)4)17-8-12-6-13(15)9-16-7-12/h6-7,9,11,14,17H,5,8,10H2,1-4H3. The molecule has 3 nitrogen and oxygen atoms in total. The Morgan fingerprint density at radius 3 is 2.61 bits per heavy atom. The van der Waals surface area contributed by atoms with Crippen molar-refractivity contribution in [3.8, 4) is 0 Å². The van der Waals surface area contributed by atoms with Crippen molar-refractivity contribution in [2.24, 2.45) is 5.92 Å². The summed E-state index contributed by atoms with van der Waals surface area (Å²) in [5.41, 5.74) is 1.22. The second-order valence-corrected chi connectivity index (χ2v) is 6.40. The lowest BCUT2D eigenvalue weighted by molar-refractivity contribution is 0.305. The van der Waals surface area contributed by atoms with Gasteiger partial charge in [0.05, 0.1) is 0 Å². The van der Waals surface area contributed by atoms with Crippen molar-refractivity contribution in [1.29, 1.82) is 0 Å². The molecule has 1 N–H and O–H groups in total. The van der Waals surface area contributed by atoms with Crippen LogP contribution in [-0.4, -0.2) is 36.6 Å². The molecule has 0 aliphatic rings. The van der Waals surface area contributed by atoms with Gasteiger partial charge in [-0.05, 0) is 54.0 Å². The van der Waals surface area contributed by atoms with Crippen LogP contribution in [0.25, 0.3) is 0 Å². The van der Waals surface area contributed by atoms with Crippen LogP contribution in [0.4, 0.5) is 0 Å². The molecule has 0 bridgehead atoms. The number of nitrogens with one attached hydrogen (secondary N) is 1. The third kappa shape index (κ3) is 6.47. The van der Waals surface area contributed by atoms with E-state index >= 15 is 0 Å². The first-order valence-corrected chi connectivity index (χ1v) is 7.24. The molecule has 0 spiro atoms. The van der Waals surface area contributed by atoms with Crippen molar-refractivity contribution < 1.29 is 0 Å². The highest BCUT2D eigenvalue weighted by Crippen LogP contribution is 2.11. The summed E-state index contributed by atoms with van der Waals surface area (Å²) in [5, 5.41) is 3.62. The molecule has 4 heteroatoms. The van der Waals surface area contributed by atoms with E-state index in [0.717, 1.165) is 17.6 Å². The van der Waals surface area contributed by atoms with Crippen molar-refractivity contribution >= 4 is 15.9 Å². The van der Waals surface area contributed by atoms with E-state index in [0.29, 0.717) is 12.0 Å². The number of nitrogens with zero attached hydrogens (tertiary/aromatic N) is 2. The summed E-state index contributed by atoms with van der Waals surface area (Å²) in [6, 6.07) is 2.64. The molecule has 0 amide bonds. The summed E-state index contributed by atoms with van der Waals surface area (Å²) in [6.45, 7) is 6.48. The van der Waals surface area contributed by atoms with Crippen LogP contribution in [-0.2, 0) is 6.54 Å². The summed E-state index contributed by atoms with van der Waals surface area (Å²) in [6.07, 6.45) is 4.92. The number of pyridine rings is 1. The molecule has 1 unspecified atom stereocenters. The fourth-order valence-electron chi connectivity index (χ4n) is 2.05. The number of aromatic nitrogens is 1. The Bertz CT molecular complexity index is 343. The zero-order valence-electron chi connectivity index (χ0n) is 11.8. The van der Waals surface area contributed by atoms with E-state index in [1.54, 1.807) is 0 Å². The Morgan fingerprint density at radius 2 is 2.06 bits per heavy atom. The number of hydrogen-bond acceptors (Lipinski definition) is 3. The first-order valence-electron chi connectivity index (χ1n) is 6.45. The topological polar surface area (TPSA) is 28.2 Å². The number of hydrogen-bond donors (Lipinski definition) is 1. The van der Waals surface area contributed by atoms with Gasteiger partial charge in [0.1, 0.15) is 0 Å². The van der Waals surface area contributed by atoms with Gasteiger partial charge >= 0.3 is 0 Å². The van der Waals surface area contributed by atoms with Crippen LogP contribution in [0.3, 0.4) is 0 Å². The maximum atomic E-state index is 4.19. The lowest BCUT2D eigenvalue weighted by atomic mass is 10.0. The highest BCUT2D eigenvalue weighted by atomic mass is 79.9. The van der Waals surface area contributed by atoms with Gasteiger partial charge in [0.25, 0.3) is 0 Å². The van der Waals surface area contributed by atoms with Crippen LogP contribution in [0.15, 0.2) is 22.9 Å². The van der Waals surface area contributed by atoms with E-state index in [2.05, 4.69) is 65.1 Å². The molecule has 1 heterocycles. The normalized spacial score (nSPS) is 13.3. The van der Waals surface area contributed by atoms with E-state index in [-0.39, 0.29) is 0 Å². The van der Waals surface area contributed by atoms with Crippen molar-refractivity contribution in [3.63, 3.8) is 0 Å². The molecule has 0 fully saturated rings. The molecule has 1 rings (SSSR count). The van der Waals surface area contributed by atoms with Crippen molar-refractivity contribution in [2.75, 3.05) is 20.6 Å². The van der Waals surface area contributed by atoms with Crippen molar-refractivity contribution in [3.05, 3.63) is 28.5 Å². The lowest BCUT2D eigenvalue weighted by Gasteiger charge is -2.24. The SMILES string of the molecule is CC(C)CC(CN(C)C)NCc1cncc(Br)c1. The maximum absolute atomic E-state index is 4.19. The van der Waals surface area contributed by atoms with Crippen LogP contribution in [0.2, 0.25) is 0 Å². The third-order valence-electron chi connectivity index (χ3n) is 2.70. The van der Waals surface area contributed by atoms with Gasteiger partial charge in [0, 0.05) is 36.0 Å². The van der Waals surface area contributed by atoms with Gasteiger partial charge in [0.2, 0.25) is 0 Å². The smallest absolute Gasteiger partial charge is 0.0410 e. The average Bonchev–Trinajstić information content (AvgIpc) is 2.24. The van der Waals surface area contributed by atoms with Crippen LogP contribution in [0.5, 0.6) is 0 Å². The fourth-order valence-corrected chi connectivity index (χ4v) is 2.46. The summed E-state index contributed by atoms with van der Waals surface area (Å²) >= 11 is 3.45. The Balaban J connectivity index is 2.50. The summed E-state index contributed by atoms with van der Waals surface area (Å²) in [5.74, 6) is 0.711. The molecule has 0 radical (unpaired) electrons. The molecule has 1 aromatic rings. The fraction of sp³-hybridized carbons (Fsp3) is 0.643. The highest BCUT2D eigenvalue weighted by Gasteiger charge is 2.11. The van der Waals surface area contributed by atoms with Crippen LogP contribution >= 0.6 is 15.9 Å². The van der Waals surface area contributed by atoms with Gasteiger partial charge in [-0.3, -0.25) is 4.98 Å². The molecular weight excluding hydrogens is 290 g/mol. The minimum Gasteiger partial charge on any atom is -0.309 e. The summed E-state index contributed by atoms with van der Waals surface area (Å²) in [7, 11) is 4.24. The van der Waals surface area contributed by atoms with Crippen LogP contribution < -0.4 is 5.32 Å². The van der Waals surface area contributed by atoms with Gasteiger partial charge in [0.15, 0.2) is 0 Å². The molecule has 0 saturated carbocycles. The van der Waals surface area contributed by atoms with E-state index in [1.165, 1.54) is 12.0 Å². The number of halogens is 1. The summed E-state index contributed by atoms with van der Waals surface area (Å²) in [4.78, 5) is 6.42. The average molecular weight is 314 g/mol. The number of likely N-dealkylation sites (N-methyl/N-ethyl adjacent to an activating group) is 1. The summed E-state index contributed by atoms with van der Waals surface area (Å²) < 4.78 is 1.04. The highest BCUT2D eigenvalue weighted by molar-refractivity contribution is 9.10. The second-order valence-electron chi connectivity index (χ2n) is 5.48. The quantitative estimate of drug-likeness (QED) is 0.839. The first-order chi connectivity index (χ1) is 8.47. The number of rotatable bonds is 7. The molecule has 0 aromatic carbocycles. The monoisotopic (exact) mass is 313 g/mol. The van der Waals surface area contributed by atoms with Gasteiger partial charge < -0.3 is 10.2 Å². The second kappa shape index (κ2) is 7.87. The molecule has 0 aliphatic carbocycles. The van der Waals surface area contributed by atoms with Crippen molar-refractivity contribution in [2.45, 2.75) is 32.9 Å². The lowest BCUT2D eigenvalue weighted by Crippen LogP contribution is -2.38. The van der Waals surface area contributed by atoms with E-state index in [1.807, 2.05) is 12.4 Å². The molecular formula is C14H24BrN3. The predicted octanol–water partition coefficient (Wildman–Crippen LogP) is 2.91. The minimum absolute atomic E-state index is 0.527.